The van der Waals surface area contributed by atoms with Gasteiger partial charge in [0.2, 0.25) is 5.91 Å². The molecule has 0 saturated heterocycles. The molecule has 0 aliphatic heterocycles. The predicted octanol–water partition coefficient (Wildman–Crippen LogP) is 0.579. The molecular formula is C14H20N2O4. The molecule has 6 nitrogen and oxygen atoms in total. The minimum atomic E-state index is -0.942. The van der Waals surface area contributed by atoms with Gasteiger partial charge >= 0.3 is 5.97 Å². The van der Waals surface area contributed by atoms with Crippen molar-refractivity contribution in [3.05, 3.63) is 35.4 Å². The minimum Gasteiger partial charge on any atom is -0.478 e. The van der Waals surface area contributed by atoms with Crippen LogP contribution in [0.15, 0.2) is 24.3 Å². The van der Waals surface area contributed by atoms with E-state index >= 15 is 0 Å². The van der Waals surface area contributed by atoms with Crippen molar-refractivity contribution >= 4 is 11.9 Å². The zero-order valence-corrected chi connectivity index (χ0v) is 11.8. The smallest absolute Gasteiger partial charge is 0.335 e. The van der Waals surface area contributed by atoms with Crippen molar-refractivity contribution in [1.29, 1.82) is 0 Å². The van der Waals surface area contributed by atoms with E-state index in [2.05, 4.69) is 5.32 Å². The number of benzene rings is 1. The fourth-order valence-electron chi connectivity index (χ4n) is 1.71. The van der Waals surface area contributed by atoms with E-state index in [0.717, 1.165) is 5.56 Å². The van der Waals surface area contributed by atoms with Crippen LogP contribution < -0.4 is 5.32 Å². The number of methoxy groups -OCH3 is 1. The van der Waals surface area contributed by atoms with E-state index in [-0.39, 0.29) is 18.0 Å². The van der Waals surface area contributed by atoms with Gasteiger partial charge in [-0.25, -0.2) is 4.79 Å². The topological polar surface area (TPSA) is 78.9 Å². The Morgan fingerprint density at radius 3 is 2.50 bits per heavy atom. The molecule has 0 unspecified atom stereocenters. The number of hydrogen-bond acceptors (Lipinski definition) is 4. The predicted molar refractivity (Wildman–Crippen MR) is 74.6 cm³/mol. The van der Waals surface area contributed by atoms with Crippen LogP contribution in [0.1, 0.15) is 15.9 Å². The number of hydrogen-bond donors (Lipinski definition) is 2. The van der Waals surface area contributed by atoms with E-state index in [1.54, 1.807) is 31.4 Å². The van der Waals surface area contributed by atoms with Crippen molar-refractivity contribution in [3.8, 4) is 0 Å². The average molecular weight is 280 g/mol. The van der Waals surface area contributed by atoms with Gasteiger partial charge in [0.25, 0.3) is 0 Å². The highest BCUT2D eigenvalue weighted by atomic mass is 16.5. The number of nitrogens with zero attached hydrogens (tertiary/aromatic N) is 1. The van der Waals surface area contributed by atoms with Gasteiger partial charge in [-0.05, 0) is 24.7 Å². The van der Waals surface area contributed by atoms with Crippen LogP contribution in [0.3, 0.4) is 0 Å². The molecule has 1 amide bonds. The molecule has 0 radical (unpaired) electrons. The summed E-state index contributed by atoms with van der Waals surface area (Å²) in [6.07, 6.45) is 0. The Bertz CT molecular complexity index is 445. The van der Waals surface area contributed by atoms with Gasteiger partial charge in [-0.2, -0.15) is 0 Å². The molecule has 0 saturated carbocycles. The van der Waals surface area contributed by atoms with Gasteiger partial charge in [0.1, 0.15) is 0 Å². The van der Waals surface area contributed by atoms with Crippen molar-refractivity contribution in [2.75, 3.05) is 33.9 Å². The summed E-state index contributed by atoms with van der Waals surface area (Å²) < 4.78 is 4.85. The molecule has 1 aromatic rings. The lowest BCUT2D eigenvalue weighted by Crippen LogP contribution is -2.36. The number of aromatic carboxylic acids is 1. The van der Waals surface area contributed by atoms with Gasteiger partial charge in [0, 0.05) is 20.2 Å². The number of nitrogens with one attached hydrogen (secondary N) is 1. The normalized spacial score (nSPS) is 10.6. The third kappa shape index (κ3) is 5.81. The highest BCUT2D eigenvalue weighted by Gasteiger charge is 2.07. The number of ether oxygens (including phenoxy) is 1. The molecule has 2 N–H and O–H groups in total. The maximum absolute atomic E-state index is 11.6. The lowest BCUT2D eigenvalue weighted by molar-refractivity contribution is -0.122. The second-order valence-corrected chi connectivity index (χ2v) is 4.52. The number of amides is 1. The Balaban J connectivity index is 2.39. The van der Waals surface area contributed by atoms with Crippen LogP contribution in [-0.4, -0.2) is 55.7 Å². The fourth-order valence-corrected chi connectivity index (χ4v) is 1.71. The SMILES string of the molecule is COCCNC(=O)CN(C)Cc1ccc(C(=O)O)cc1. The zero-order valence-electron chi connectivity index (χ0n) is 11.8. The van der Waals surface area contributed by atoms with Gasteiger partial charge in [0.15, 0.2) is 0 Å². The number of likely N-dealkylation sites (N-methyl/N-ethyl adjacent to an activating group) is 1. The fraction of sp³-hybridized carbons (Fsp3) is 0.429. The second kappa shape index (κ2) is 8.29. The van der Waals surface area contributed by atoms with Crippen molar-refractivity contribution in [1.82, 2.24) is 10.2 Å². The maximum Gasteiger partial charge on any atom is 0.335 e. The zero-order chi connectivity index (χ0) is 15.0. The highest BCUT2D eigenvalue weighted by Crippen LogP contribution is 2.06. The number of carbonyl (C=O) groups excluding carboxylic acids is 1. The summed E-state index contributed by atoms with van der Waals surface area (Å²) in [6, 6.07) is 6.62. The van der Waals surface area contributed by atoms with E-state index < -0.39 is 5.97 Å². The van der Waals surface area contributed by atoms with Gasteiger partial charge in [-0.3, -0.25) is 9.69 Å². The average Bonchev–Trinajstić information content (AvgIpc) is 2.39. The molecule has 1 rings (SSSR count). The number of carbonyl (C=O) groups is 2. The Labute approximate surface area is 118 Å². The van der Waals surface area contributed by atoms with Crippen molar-refractivity contribution < 1.29 is 19.4 Å². The first-order chi connectivity index (χ1) is 9.52. The molecular weight excluding hydrogens is 260 g/mol. The largest absolute Gasteiger partial charge is 0.478 e. The molecule has 0 atom stereocenters. The van der Waals surface area contributed by atoms with E-state index in [1.807, 2.05) is 11.9 Å². The Morgan fingerprint density at radius 2 is 1.95 bits per heavy atom. The molecule has 1 aromatic carbocycles. The van der Waals surface area contributed by atoms with Gasteiger partial charge in [0.05, 0.1) is 18.7 Å². The number of carboxylic acids is 1. The molecule has 0 aliphatic carbocycles. The van der Waals surface area contributed by atoms with Crippen LogP contribution in [0.4, 0.5) is 0 Å². The summed E-state index contributed by atoms with van der Waals surface area (Å²) in [6.45, 7) is 1.85. The van der Waals surface area contributed by atoms with Crippen molar-refractivity contribution in [3.63, 3.8) is 0 Å². The molecule has 6 heteroatoms. The standard InChI is InChI=1S/C14H20N2O4/c1-16(10-13(17)15-7-8-20-2)9-11-3-5-12(6-4-11)14(18)19/h3-6H,7-10H2,1-2H3,(H,15,17)(H,18,19). The van der Waals surface area contributed by atoms with E-state index in [0.29, 0.717) is 19.7 Å². The van der Waals surface area contributed by atoms with Crippen molar-refractivity contribution in [2.45, 2.75) is 6.54 Å². The Kier molecular flexibility index (Phi) is 6.69. The minimum absolute atomic E-state index is 0.0632. The lowest BCUT2D eigenvalue weighted by Gasteiger charge is -2.16. The quantitative estimate of drug-likeness (QED) is 0.681. The molecule has 0 aromatic heterocycles. The van der Waals surface area contributed by atoms with Crippen LogP contribution >= 0.6 is 0 Å². The number of carboxylic acid groups (broad SMARTS) is 1. The van der Waals surface area contributed by atoms with Crippen LogP contribution in [0.25, 0.3) is 0 Å². The first kappa shape index (κ1) is 16.1. The molecule has 0 spiro atoms. The second-order valence-electron chi connectivity index (χ2n) is 4.52. The van der Waals surface area contributed by atoms with Crippen LogP contribution in [-0.2, 0) is 16.1 Å². The van der Waals surface area contributed by atoms with Gasteiger partial charge in [-0.1, -0.05) is 12.1 Å². The molecule has 110 valence electrons. The third-order valence-electron chi connectivity index (χ3n) is 2.70. The molecule has 0 bridgehead atoms. The van der Waals surface area contributed by atoms with E-state index in [9.17, 15) is 9.59 Å². The summed E-state index contributed by atoms with van der Waals surface area (Å²) >= 11 is 0. The van der Waals surface area contributed by atoms with Gasteiger partial charge in [-0.15, -0.1) is 0 Å². The van der Waals surface area contributed by atoms with Crippen LogP contribution in [0.2, 0.25) is 0 Å². The summed E-state index contributed by atoms with van der Waals surface area (Å²) in [5, 5.41) is 11.5. The Morgan fingerprint density at radius 1 is 1.30 bits per heavy atom. The first-order valence-electron chi connectivity index (χ1n) is 6.29. The first-order valence-corrected chi connectivity index (χ1v) is 6.29. The summed E-state index contributed by atoms with van der Waals surface area (Å²) in [5.74, 6) is -1.01. The molecule has 20 heavy (non-hydrogen) atoms. The summed E-state index contributed by atoms with van der Waals surface area (Å²) in [4.78, 5) is 24.2. The maximum atomic E-state index is 11.6. The van der Waals surface area contributed by atoms with Crippen molar-refractivity contribution in [2.24, 2.45) is 0 Å². The lowest BCUT2D eigenvalue weighted by atomic mass is 10.1. The Hall–Kier alpha value is -1.92. The van der Waals surface area contributed by atoms with E-state index in [4.69, 9.17) is 9.84 Å². The summed E-state index contributed by atoms with van der Waals surface area (Å²) in [5.41, 5.74) is 1.22. The summed E-state index contributed by atoms with van der Waals surface area (Å²) in [7, 11) is 3.42. The molecule has 0 fully saturated rings. The van der Waals surface area contributed by atoms with E-state index in [1.165, 1.54) is 0 Å². The number of rotatable bonds is 8. The van der Waals surface area contributed by atoms with Crippen LogP contribution in [0, 0.1) is 0 Å². The highest BCUT2D eigenvalue weighted by molar-refractivity contribution is 5.87. The third-order valence-corrected chi connectivity index (χ3v) is 2.70. The molecule has 0 heterocycles. The molecule has 0 aliphatic rings. The van der Waals surface area contributed by atoms with Gasteiger partial charge < -0.3 is 15.2 Å². The monoisotopic (exact) mass is 280 g/mol. The van der Waals surface area contributed by atoms with Crippen LogP contribution in [0.5, 0.6) is 0 Å².